The summed E-state index contributed by atoms with van der Waals surface area (Å²) in [6.45, 7) is 9.47. The number of aliphatic hydroxyl groups excluding tert-OH is 2. The van der Waals surface area contributed by atoms with Crippen molar-refractivity contribution in [2.45, 2.75) is 71.4 Å². The van der Waals surface area contributed by atoms with Crippen LogP contribution in [-0.2, 0) is 25.6 Å². The van der Waals surface area contributed by atoms with E-state index >= 15 is 0 Å². The third-order valence-corrected chi connectivity index (χ3v) is 3.66. The van der Waals surface area contributed by atoms with Crippen LogP contribution in [0.1, 0.15) is 47.1 Å². The number of rotatable bonds is 7. The Morgan fingerprint density at radius 1 is 0.857 bits per heavy atom. The van der Waals surface area contributed by atoms with Gasteiger partial charge in [-0.25, -0.2) is 9.59 Å². The third kappa shape index (κ3) is 16.1. The molecule has 7 N–H and O–H groups in total. The van der Waals surface area contributed by atoms with Crippen molar-refractivity contribution in [3.05, 3.63) is 35.9 Å². The summed E-state index contributed by atoms with van der Waals surface area (Å²) in [7, 11) is 0. The Balaban J connectivity index is 0.000000720. The molecule has 0 aliphatic rings. The molecule has 0 aromatic heterocycles. The van der Waals surface area contributed by atoms with E-state index in [1.807, 2.05) is 35.6 Å². The van der Waals surface area contributed by atoms with Gasteiger partial charge < -0.3 is 36.1 Å². The fraction of sp³-hybridized carbons (Fsp3) is 0.565. The van der Waals surface area contributed by atoms with Gasteiger partial charge in [-0.3, -0.25) is 14.9 Å². The van der Waals surface area contributed by atoms with Crippen molar-refractivity contribution in [2.75, 3.05) is 13.2 Å². The van der Waals surface area contributed by atoms with Crippen molar-refractivity contribution < 1.29 is 38.9 Å². The topological polar surface area (TPSA) is 189 Å². The molecular formula is C23H38N4O8. The Bertz CT molecular complexity index is 819. The monoisotopic (exact) mass is 498 g/mol. The van der Waals surface area contributed by atoms with Crippen molar-refractivity contribution in [3.8, 4) is 0 Å². The second-order valence-corrected chi connectivity index (χ2v) is 9.37. The summed E-state index contributed by atoms with van der Waals surface area (Å²) in [5.41, 5.74) is 4.75. The molecule has 12 nitrogen and oxygen atoms in total. The lowest BCUT2D eigenvalue weighted by Crippen LogP contribution is -2.49. The number of alkyl carbamates (subject to hydrolysis) is 2. The van der Waals surface area contributed by atoms with Crippen LogP contribution in [-0.4, -0.2) is 70.7 Å². The number of hydrogen-bond acceptors (Lipinski definition) is 9. The molecule has 0 spiro atoms. The van der Waals surface area contributed by atoms with Gasteiger partial charge in [-0.1, -0.05) is 30.3 Å². The van der Waals surface area contributed by atoms with E-state index in [-0.39, 0.29) is 0 Å². The predicted molar refractivity (Wildman–Crippen MR) is 128 cm³/mol. The number of nitrogens with two attached hydrogens (primary N) is 1. The molecule has 0 saturated heterocycles. The van der Waals surface area contributed by atoms with Crippen LogP contribution in [0.3, 0.4) is 0 Å². The second-order valence-electron chi connectivity index (χ2n) is 9.37. The largest absolute Gasteiger partial charge is 0.444 e. The van der Waals surface area contributed by atoms with Gasteiger partial charge in [-0.2, -0.15) is 0 Å². The Morgan fingerprint density at radius 2 is 1.37 bits per heavy atom. The quantitative estimate of drug-likeness (QED) is 0.312. The highest BCUT2D eigenvalue weighted by atomic mass is 16.6. The summed E-state index contributed by atoms with van der Waals surface area (Å²) in [6, 6.07) is 7.20. The minimum atomic E-state index is -1.11. The van der Waals surface area contributed by atoms with Gasteiger partial charge in [-0.15, -0.1) is 0 Å². The molecule has 0 heterocycles. The van der Waals surface area contributed by atoms with Gasteiger partial charge in [0, 0.05) is 6.54 Å². The molecule has 1 aromatic rings. The van der Waals surface area contributed by atoms with Crippen LogP contribution >= 0.6 is 0 Å². The van der Waals surface area contributed by atoms with Gasteiger partial charge in [0.1, 0.15) is 23.3 Å². The zero-order chi connectivity index (χ0) is 27.2. The number of ether oxygens (including phenoxy) is 2. The lowest BCUT2D eigenvalue weighted by molar-refractivity contribution is -0.124. The van der Waals surface area contributed by atoms with Crippen LogP contribution in [0.4, 0.5) is 9.59 Å². The van der Waals surface area contributed by atoms with E-state index in [1.54, 1.807) is 41.5 Å². The van der Waals surface area contributed by atoms with Crippen molar-refractivity contribution in [1.82, 2.24) is 16.0 Å². The number of carbonyl (C=O) groups excluding carboxylic acids is 4. The molecule has 1 rings (SSSR count). The number of hydrogen-bond donors (Lipinski definition) is 6. The van der Waals surface area contributed by atoms with Gasteiger partial charge in [0.15, 0.2) is 0 Å². The van der Waals surface area contributed by atoms with E-state index < -0.39 is 60.5 Å². The molecule has 198 valence electrons. The molecule has 35 heavy (non-hydrogen) atoms. The van der Waals surface area contributed by atoms with Crippen LogP contribution in [0.5, 0.6) is 0 Å². The van der Waals surface area contributed by atoms with E-state index in [2.05, 4.69) is 10.6 Å². The second kappa shape index (κ2) is 14.9. The van der Waals surface area contributed by atoms with E-state index in [4.69, 9.17) is 20.3 Å². The van der Waals surface area contributed by atoms with E-state index in [0.717, 1.165) is 5.56 Å². The first kappa shape index (κ1) is 31.8. The predicted octanol–water partition coefficient (Wildman–Crippen LogP) is 0.546. The summed E-state index contributed by atoms with van der Waals surface area (Å²) < 4.78 is 9.84. The fourth-order valence-electron chi connectivity index (χ4n) is 2.13. The molecule has 1 aromatic carbocycles. The van der Waals surface area contributed by atoms with Crippen LogP contribution in [0.2, 0.25) is 0 Å². The Labute approximate surface area is 205 Å². The molecule has 0 unspecified atom stereocenters. The highest BCUT2D eigenvalue weighted by Crippen LogP contribution is 2.07. The maximum absolute atomic E-state index is 11.9. The van der Waals surface area contributed by atoms with Gasteiger partial charge in [-0.05, 0) is 47.1 Å². The first-order valence-electron chi connectivity index (χ1n) is 10.9. The molecule has 2 atom stereocenters. The molecule has 0 radical (unpaired) electrons. The third-order valence-electron chi connectivity index (χ3n) is 3.66. The minimum absolute atomic E-state index is 0.326. The van der Waals surface area contributed by atoms with Crippen molar-refractivity contribution in [3.63, 3.8) is 0 Å². The number of nitrogens with one attached hydrogen (secondary N) is 3. The zero-order valence-electron chi connectivity index (χ0n) is 21.1. The summed E-state index contributed by atoms with van der Waals surface area (Å²) in [5.74, 6) is -1.23. The summed E-state index contributed by atoms with van der Waals surface area (Å²) in [4.78, 5) is 45.5. The van der Waals surface area contributed by atoms with Gasteiger partial charge in [0.05, 0.1) is 13.2 Å². The maximum atomic E-state index is 11.9. The smallest absolute Gasteiger partial charge is 0.414 e. The van der Waals surface area contributed by atoms with Crippen molar-refractivity contribution in [2.24, 2.45) is 5.73 Å². The zero-order valence-corrected chi connectivity index (χ0v) is 21.1. The van der Waals surface area contributed by atoms with E-state index in [0.29, 0.717) is 6.54 Å². The lowest BCUT2D eigenvalue weighted by Gasteiger charge is -2.22. The SMILES string of the molecule is CC(C)(C)OC(=O)NC(=O)[C@H](N)CO.CC(C)(C)OC(=O)N[C@H](CO)C(=O)NCc1ccccc1. The van der Waals surface area contributed by atoms with Crippen molar-refractivity contribution in [1.29, 1.82) is 0 Å². The van der Waals surface area contributed by atoms with Gasteiger partial charge in [0.25, 0.3) is 0 Å². The van der Waals surface area contributed by atoms with E-state index in [9.17, 15) is 24.3 Å². The summed E-state index contributed by atoms with van der Waals surface area (Å²) in [5, 5.41) is 24.6. The van der Waals surface area contributed by atoms with Crippen LogP contribution in [0.25, 0.3) is 0 Å². The normalized spacial score (nSPS) is 12.7. The molecule has 12 heteroatoms. The molecule has 0 aliphatic heterocycles. The number of imide groups is 1. The number of amides is 4. The average molecular weight is 499 g/mol. The van der Waals surface area contributed by atoms with Crippen LogP contribution in [0.15, 0.2) is 30.3 Å². The highest BCUT2D eigenvalue weighted by molar-refractivity contribution is 5.94. The molecule has 0 aliphatic carbocycles. The first-order valence-corrected chi connectivity index (χ1v) is 10.9. The average Bonchev–Trinajstić information content (AvgIpc) is 2.73. The standard InChI is InChI=1S/C15H22N2O4.C8H16N2O4/c1-15(2,3)21-14(20)17-12(10-18)13(19)16-9-11-7-5-4-6-8-11;1-8(2,3)14-7(13)10-6(12)5(9)4-11/h4-8,12,18H,9-10H2,1-3H3,(H,16,19)(H,17,20);5,11H,4,9H2,1-3H3,(H,10,12,13)/t12-;5-/m11/s1. The molecular weight excluding hydrogens is 460 g/mol. The minimum Gasteiger partial charge on any atom is -0.444 e. The van der Waals surface area contributed by atoms with E-state index in [1.165, 1.54) is 0 Å². The molecule has 4 amide bonds. The fourth-order valence-corrected chi connectivity index (χ4v) is 2.13. The maximum Gasteiger partial charge on any atom is 0.414 e. The molecule has 0 saturated carbocycles. The number of benzene rings is 1. The molecule has 0 fully saturated rings. The van der Waals surface area contributed by atoms with Crippen LogP contribution in [0, 0.1) is 0 Å². The van der Waals surface area contributed by atoms with Gasteiger partial charge in [0.2, 0.25) is 11.8 Å². The van der Waals surface area contributed by atoms with Crippen molar-refractivity contribution >= 4 is 24.0 Å². The molecule has 0 bridgehead atoms. The Hall–Kier alpha value is -3.22. The summed E-state index contributed by atoms with van der Waals surface area (Å²) in [6.07, 6.45) is -1.61. The Kier molecular flexibility index (Phi) is 13.5. The number of aliphatic hydroxyl groups is 2. The van der Waals surface area contributed by atoms with Crippen LogP contribution < -0.4 is 21.7 Å². The van der Waals surface area contributed by atoms with Gasteiger partial charge >= 0.3 is 12.2 Å². The summed E-state index contributed by atoms with van der Waals surface area (Å²) >= 11 is 0. The Morgan fingerprint density at radius 3 is 1.83 bits per heavy atom. The highest BCUT2D eigenvalue weighted by Gasteiger charge is 2.23. The number of carbonyl (C=O) groups is 4. The lowest BCUT2D eigenvalue weighted by atomic mass is 10.2. The first-order chi connectivity index (χ1) is 16.1.